The molecule has 1 saturated heterocycles. The van der Waals surface area contributed by atoms with Crippen molar-refractivity contribution in [3.63, 3.8) is 0 Å². The average molecular weight is 226 g/mol. The normalized spacial score (nSPS) is 22.7. The zero-order valence-corrected chi connectivity index (χ0v) is 11.8. The molecule has 1 aliphatic heterocycles. The molecular formula is C14H30N2. The topological polar surface area (TPSA) is 24.1 Å². The lowest BCUT2D eigenvalue weighted by Gasteiger charge is -2.39. The molecule has 0 aliphatic carbocycles. The molecule has 0 amide bonds. The van der Waals surface area contributed by atoms with Crippen LogP contribution >= 0.6 is 0 Å². The van der Waals surface area contributed by atoms with E-state index >= 15 is 0 Å². The Hall–Kier alpha value is -0.0800. The minimum atomic E-state index is 0.357. The van der Waals surface area contributed by atoms with E-state index in [0.29, 0.717) is 10.8 Å². The maximum absolute atomic E-state index is 3.62. The Kier molecular flexibility index (Phi) is 4.81. The van der Waals surface area contributed by atoms with Crippen LogP contribution in [0.4, 0.5) is 0 Å². The van der Waals surface area contributed by atoms with E-state index < -0.39 is 0 Å². The molecule has 1 fully saturated rings. The van der Waals surface area contributed by atoms with Gasteiger partial charge in [-0.25, -0.2) is 0 Å². The lowest BCUT2D eigenvalue weighted by molar-refractivity contribution is 0.129. The fourth-order valence-electron chi connectivity index (χ4n) is 1.95. The van der Waals surface area contributed by atoms with Gasteiger partial charge < -0.3 is 10.6 Å². The molecule has 2 N–H and O–H groups in total. The highest BCUT2D eigenvalue weighted by Gasteiger charge is 2.32. The second kappa shape index (κ2) is 5.50. The molecule has 1 atom stereocenters. The largest absolute Gasteiger partial charge is 0.316 e. The highest BCUT2D eigenvalue weighted by atomic mass is 15.0. The van der Waals surface area contributed by atoms with Crippen molar-refractivity contribution in [2.24, 2.45) is 10.8 Å². The van der Waals surface area contributed by atoms with Crippen LogP contribution in [0, 0.1) is 10.8 Å². The van der Waals surface area contributed by atoms with Gasteiger partial charge in [0.05, 0.1) is 0 Å². The van der Waals surface area contributed by atoms with Crippen LogP contribution in [0.15, 0.2) is 0 Å². The molecule has 1 rings (SSSR count). The Labute approximate surface area is 102 Å². The standard InChI is InChI=1S/C14H30N2/c1-13(2,3)14(4,5)11-15-10-8-12-7-6-9-16-12/h12,15-16H,6-11H2,1-5H3. The van der Waals surface area contributed by atoms with Gasteiger partial charge in [0.1, 0.15) is 0 Å². The van der Waals surface area contributed by atoms with E-state index in [9.17, 15) is 0 Å². The zero-order chi connectivity index (χ0) is 12.2. The molecule has 96 valence electrons. The summed E-state index contributed by atoms with van der Waals surface area (Å²) in [5, 5.41) is 7.16. The maximum atomic E-state index is 3.62. The van der Waals surface area contributed by atoms with Crippen LogP contribution in [0.2, 0.25) is 0 Å². The number of rotatable bonds is 5. The molecule has 0 radical (unpaired) electrons. The predicted octanol–water partition coefficient (Wildman–Crippen LogP) is 2.79. The van der Waals surface area contributed by atoms with Gasteiger partial charge in [0.2, 0.25) is 0 Å². The molecule has 1 unspecified atom stereocenters. The molecule has 0 aromatic carbocycles. The molecule has 1 aliphatic rings. The van der Waals surface area contributed by atoms with Gasteiger partial charge in [0.25, 0.3) is 0 Å². The average Bonchev–Trinajstić information content (AvgIpc) is 2.63. The Morgan fingerprint density at radius 3 is 2.38 bits per heavy atom. The summed E-state index contributed by atoms with van der Waals surface area (Å²) in [6.45, 7) is 15.2. The van der Waals surface area contributed by atoms with E-state index in [1.54, 1.807) is 0 Å². The van der Waals surface area contributed by atoms with E-state index in [1.807, 2.05) is 0 Å². The van der Waals surface area contributed by atoms with Crippen LogP contribution in [0.25, 0.3) is 0 Å². The summed E-state index contributed by atoms with van der Waals surface area (Å²) in [5.74, 6) is 0. The maximum Gasteiger partial charge on any atom is 0.00796 e. The first-order valence-corrected chi connectivity index (χ1v) is 6.77. The van der Waals surface area contributed by atoms with Crippen LogP contribution in [-0.2, 0) is 0 Å². The molecular weight excluding hydrogens is 196 g/mol. The van der Waals surface area contributed by atoms with Crippen LogP contribution in [0.3, 0.4) is 0 Å². The van der Waals surface area contributed by atoms with E-state index in [0.717, 1.165) is 19.1 Å². The van der Waals surface area contributed by atoms with Crippen LogP contribution in [-0.4, -0.2) is 25.7 Å². The van der Waals surface area contributed by atoms with Gasteiger partial charge in [0, 0.05) is 12.6 Å². The Morgan fingerprint density at radius 1 is 1.19 bits per heavy atom. The zero-order valence-electron chi connectivity index (χ0n) is 11.8. The first-order valence-electron chi connectivity index (χ1n) is 6.77. The highest BCUT2D eigenvalue weighted by Crippen LogP contribution is 2.36. The van der Waals surface area contributed by atoms with Crippen molar-refractivity contribution < 1.29 is 0 Å². The van der Waals surface area contributed by atoms with E-state index in [-0.39, 0.29) is 0 Å². The Balaban J connectivity index is 2.14. The van der Waals surface area contributed by atoms with Gasteiger partial charge in [-0.1, -0.05) is 34.6 Å². The summed E-state index contributed by atoms with van der Waals surface area (Å²) in [5.41, 5.74) is 0.724. The lowest BCUT2D eigenvalue weighted by atomic mass is 9.69. The second-order valence-electron chi connectivity index (χ2n) is 6.89. The van der Waals surface area contributed by atoms with Crippen LogP contribution < -0.4 is 10.6 Å². The summed E-state index contributed by atoms with van der Waals surface area (Å²) >= 11 is 0. The Morgan fingerprint density at radius 2 is 1.88 bits per heavy atom. The molecule has 0 aromatic rings. The van der Waals surface area contributed by atoms with Crippen LogP contribution in [0.1, 0.15) is 53.9 Å². The predicted molar refractivity (Wildman–Crippen MR) is 71.7 cm³/mol. The van der Waals surface area contributed by atoms with Crippen molar-refractivity contribution in [3.8, 4) is 0 Å². The van der Waals surface area contributed by atoms with Gasteiger partial charge in [-0.15, -0.1) is 0 Å². The third-order valence-electron chi connectivity index (χ3n) is 4.43. The lowest BCUT2D eigenvalue weighted by Crippen LogP contribution is -2.40. The van der Waals surface area contributed by atoms with Crippen molar-refractivity contribution in [1.82, 2.24) is 10.6 Å². The number of nitrogens with one attached hydrogen (secondary N) is 2. The molecule has 0 aromatic heterocycles. The SMILES string of the molecule is CC(C)(C)C(C)(C)CNCCC1CCCN1. The van der Waals surface area contributed by atoms with Gasteiger partial charge >= 0.3 is 0 Å². The molecule has 0 spiro atoms. The first-order chi connectivity index (χ1) is 7.33. The number of hydrogen-bond donors (Lipinski definition) is 2. The molecule has 1 heterocycles. The van der Waals surface area contributed by atoms with Gasteiger partial charge in [0.15, 0.2) is 0 Å². The van der Waals surface area contributed by atoms with Gasteiger partial charge in [-0.3, -0.25) is 0 Å². The Bertz CT molecular complexity index is 197. The third kappa shape index (κ3) is 4.06. The molecule has 2 nitrogen and oxygen atoms in total. The minimum absolute atomic E-state index is 0.357. The summed E-state index contributed by atoms with van der Waals surface area (Å²) in [4.78, 5) is 0. The molecule has 16 heavy (non-hydrogen) atoms. The van der Waals surface area contributed by atoms with Gasteiger partial charge in [-0.05, 0) is 43.2 Å². The summed E-state index contributed by atoms with van der Waals surface area (Å²) in [6.07, 6.45) is 4.00. The second-order valence-corrected chi connectivity index (χ2v) is 6.89. The van der Waals surface area contributed by atoms with Crippen molar-refractivity contribution in [3.05, 3.63) is 0 Å². The van der Waals surface area contributed by atoms with Crippen molar-refractivity contribution in [1.29, 1.82) is 0 Å². The number of hydrogen-bond acceptors (Lipinski definition) is 2. The smallest absolute Gasteiger partial charge is 0.00796 e. The molecule has 0 bridgehead atoms. The summed E-state index contributed by atoms with van der Waals surface area (Å²) in [7, 11) is 0. The third-order valence-corrected chi connectivity index (χ3v) is 4.43. The van der Waals surface area contributed by atoms with Crippen molar-refractivity contribution in [2.75, 3.05) is 19.6 Å². The van der Waals surface area contributed by atoms with E-state index in [4.69, 9.17) is 0 Å². The van der Waals surface area contributed by atoms with E-state index in [2.05, 4.69) is 45.3 Å². The van der Waals surface area contributed by atoms with Crippen molar-refractivity contribution in [2.45, 2.75) is 59.9 Å². The quantitative estimate of drug-likeness (QED) is 0.704. The first kappa shape index (κ1) is 14.0. The van der Waals surface area contributed by atoms with Crippen LogP contribution in [0.5, 0.6) is 0 Å². The highest BCUT2D eigenvalue weighted by molar-refractivity contribution is 4.84. The van der Waals surface area contributed by atoms with E-state index in [1.165, 1.54) is 25.8 Å². The minimum Gasteiger partial charge on any atom is -0.316 e. The fourth-order valence-corrected chi connectivity index (χ4v) is 1.95. The molecule has 2 heteroatoms. The summed E-state index contributed by atoms with van der Waals surface area (Å²) in [6, 6.07) is 0.769. The monoisotopic (exact) mass is 226 g/mol. The molecule has 0 saturated carbocycles. The fraction of sp³-hybridized carbons (Fsp3) is 1.00. The van der Waals surface area contributed by atoms with Crippen molar-refractivity contribution >= 4 is 0 Å². The summed E-state index contributed by atoms with van der Waals surface area (Å²) < 4.78 is 0. The van der Waals surface area contributed by atoms with Gasteiger partial charge in [-0.2, -0.15) is 0 Å².